The molecule has 0 aromatic carbocycles. The molecule has 1 fully saturated rings. The molecule has 1 saturated heterocycles. The maximum atomic E-state index is 11.6. The molecule has 0 bridgehead atoms. The lowest BCUT2D eigenvalue weighted by Gasteiger charge is -2.37. The first kappa shape index (κ1) is 17.2. The summed E-state index contributed by atoms with van der Waals surface area (Å²) in [6, 6.07) is 0. The fraction of sp³-hybridized carbons (Fsp3) is 0.889. The molecule has 5 atom stereocenters. The number of ether oxygens (including phenoxy) is 1. The smallest absolute Gasteiger partial charge is 0.264 e. The maximum absolute atomic E-state index is 11.6. The van der Waals surface area contributed by atoms with E-state index < -0.39 is 52.5 Å². The Morgan fingerprint density at radius 1 is 1.10 bits per heavy atom. The third kappa shape index (κ3) is 4.63. The van der Waals surface area contributed by atoms with Crippen molar-refractivity contribution in [1.82, 2.24) is 5.32 Å². The first-order valence-electron chi connectivity index (χ1n) is 5.74. The molecule has 1 unspecified atom stereocenters. The van der Waals surface area contributed by atoms with Gasteiger partial charge < -0.3 is 30.5 Å². The molecule has 20 heavy (non-hydrogen) atoms. The Labute approximate surface area is 114 Å². The van der Waals surface area contributed by atoms with Crippen LogP contribution in [-0.2, 0) is 19.6 Å². The molecule has 1 aliphatic heterocycles. The fourth-order valence-corrected chi connectivity index (χ4v) is 2.15. The molecular weight excluding hydrogens is 298 g/mol. The summed E-state index contributed by atoms with van der Waals surface area (Å²) in [5.41, 5.74) is 0. The molecule has 0 saturated carbocycles. The lowest BCUT2D eigenvalue weighted by molar-refractivity contribution is -0.275. The summed E-state index contributed by atoms with van der Waals surface area (Å²) in [5, 5.41) is 39.6. The van der Waals surface area contributed by atoms with E-state index in [-0.39, 0.29) is 13.0 Å². The van der Waals surface area contributed by atoms with Crippen molar-refractivity contribution in [3.05, 3.63) is 0 Å². The summed E-state index contributed by atoms with van der Waals surface area (Å²) in [6.45, 7) is -0.125. The molecule has 118 valence electrons. The van der Waals surface area contributed by atoms with Gasteiger partial charge in [0.2, 0.25) is 0 Å². The third-order valence-electron chi connectivity index (χ3n) is 2.72. The van der Waals surface area contributed by atoms with Crippen molar-refractivity contribution < 1.29 is 42.9 Å². The van der Waals surface area contributed by atoms with E-state index in [1.165, 1.54) is 0 Å². The number of carbonyl (C=O) groups excluding carboxylic acids is 1. The largest absolute Gasteiger partial charge is 0.387 e. The highest BCUT2D eigenvalue weighted by Gasteiger charge is 2.45. The van der Waals surface area contributed by atoms with Crippen LogP contribution in [0.5, 0.6) is 0 Å². The van der Waals surface area contributed by atoms with Gasteiger partial charge in [-0.3, -0.25) is 9.35 Å². The molecule has 1 heterocycles. The van der Waals surface area contributed by atoms with Crippen LogP contribution in [0.15, 0.2) is 0 Å². The summed E-state index contributed by atoms with van der Waals surface area (Å²) in [5.74, 6) is -1.44. The standard InChI is InChI=1S/C9H17NO9S/c11-4-5(12)7(19-9(15)6(4)13)8(14)10-2-1-3-20(16,17)18/h4-7,9,11-13,15H,1-3H2,(H,10,14)(H,16,17,18)/t4-,5-,6+,7-,9?/m0/s1. The topological polar surface area (TPSA) is 174 Å². The molecule has 0 aromatic heterocycles. The van der Waals surface area contributed by atoms with Crippen LogP contribution >= 0.6 is 0 Å². The highest BCUT2D eigenvalue weighted by Crippen LogP contribution is 2.19. The first-order valence-corrected chi connectivity index (χ1v) is 7.35. The molecule has 0 aliphatic carbocycles. The zero-order chi connectivity index (χ0) is 15.5. The predicted molar refractivity (Wildman–Crippen MR) is 62.9 cm³/mol. The van der Waals surface area contributed by atoms with Crippen molar-refractivity contribution in [3.8, 4) is 0 Å². The van der Waals surface area contributed by atoms with Crippen LogP contribution in [0.25, 0.3) is 0 Å². The second-order valence-electron chi connectivity index (χ2n) is 4.35. The molecule has 0 spiro atoms. The number of hydrogen-bond acceptors (Lipinski definition) is 8. The van der Waals surface area contributed by atoms with Crippen LogP contribution in [0.4, 0.5) is 0 Å². The highest BCUT2D eigenvalue weighted by atomic mass is 32.2. The molecule has 0 aromatic rings. The molecule has 1 aliphatic rings. The Kier molecular flexibility index (Phi) is 5.82. The number of nitrogens with one attached hydrogen (secondary N) is 1. The molecule has 11 heteroatoms. The molecule has 0 radical (unpaired) electrons. The van der Waals surface area contributed by atoms with Gasteiger partial charge in [0.15, 0.2) is 12.4 Å². The van der Waals surface area contributed by atoms with E-state index in [0.717, 1.165) is 0 Å². The number of aliphatic hydroxyl groups excluding tert-OH is 4. The van der Waals surface area contributed by atoms with Crippen molar-refractivity contribution in [1.29, 1.82) is 0 Å². The summed E-state index contributed by atoms with van der Waals surface area (Å²) in [4.78, 5) is 11.6. The van der Waals surface area contributed by atoms with Crippen LogP contribution in [0, 0.1) is 0 Å². The maximum Gasteiger partial charge on any atom is 0.264 e. The van der Waals surface area contributed by atoms with Gasteiger partial charge in [0.1, 0.15) is 18.3 Å². The number of carbonyl (C=O) groups is 1. The lowest BCUT2D eigenvalue weighted by Crippen LogP contribution is -2.61. The van der Waals surface area contributed by atoms with Crippen LogP contribution in [-0.4, -0.2) is 82.3 Å². The summed E-state index contributed by atoms with van der Waals surface area (Å²) in [7, 11) is -4.13. The second-order valence-corrected chi connectivity index (χ2v) is 5.92. The number of amides is 1. The molecule has 6 N–H and O–H groups in total. The van der Waals surface area contributed by atoms with Crippen LogP contribution < -0.4 is 5.32 Å². The minimum atomic E-state index is -4.13. The lowest BCUT2D eigenvalue weighted by atomic mass is 9.98. The van der Waals surface area contributed by atoms with Gasteiger partial charge in [0.05, 0.1) is 5.75 Å². The monoisotopic (exact) mass is 315 g/mol. The summed E-state index contributed by atoms with van der Waals surface area (Å²) < 4.78 is 34.0. The van der Waals surface area contributed by atoms with E-state index in [2.05, 4.69) is 10.1 Å². The van der Waals surface area contributed by atoms with Gasteiger partial charge in [-0.1, -0.05) is 0 Å². The third-order valence-corrected chi connectivity index (χ3v) is 3.53. The molecule has 1 amide bonds. The van der Waals surface area contributed by atoms with E-state index in [0.29, 0.717) is 0 Å². The van der Waals surface area contributed by atoms with E-state index in [9.17, 15) is 33.6 Å². The number of hydrogen-bond donors (Lipinski definition) is 6. The first-order chi connectivity index (χ1) is 9.13. The van der Waals surface area contributed by atoms with E-state index in [1.807, 2.05) is 0 Å². The van der Waals surface area contributed by atoms with Gasteiger partial charge in [-0.2, -0.15) is 8.42 Å². The van der Waals surface area contributed by atoms with E-state index in [4.69, 9.17) is 4.55 Å². The highest BCUT2D eigenvalue weighted by molar-refractivity contribution is 7.85. The van der Waals surface area contributed by atoms with Gasteiger partial charge in [-0.05, 0) is 6.42 Å². The van der Waals surface area contributed by atoms with Crippen molar-refractivity contribution in [3.63, 3.8) is 0 Å². The average molecular weight is 315 g/mol. The van der Waals surface area contributed by atoms with Gasteiger partial charge >= 0.3 is 0 Å². The van der Waals surface area contributed by atoms with Gasteiger partial charge in [-0.25, -0.2) is 0 Å². The summed E-state index contributed by atoms with van der Waals surface area (Å²) >= 11 is 0. The average Bonchev–Trinajstić information content (AvgIpc) is 2.35. The quantitative estimate of drug-likeness (QED) is 0.219. The second kappa shape index (κ2) is 6.76. The van der Waals surface area contributed by atoms with E-state index >= 15 is 0 Å². The Balaban J connectivity index is 2.47. The minimum Gasteiger partial charge on any atom is -0.387 e. The van der Waals surface area contributed by atoms with Gasteiger partial charge in [0, 0.05) is 6.54 Å². The molecular formula is C9H17NO9S. The van der Waals surface area contributed by atoms with Gasteiger partial charge in [-0.15, -0.1) is 0 Å². The van der Waals surface area contributed by atoms with Crippen LogP contribution in [0.2, 0.25) is 0 Å². The number of aliphatic hydroxyl groups is 4. The van der Waals surface area contributed by atoms with Crippen molar-refractivity contribution in [2.75, 3.05) is 12.3 Å². The van der Waals surface area contributed by atoms with Crippen LogP contribution in [0.3, 0.4) is 0 Å². The van der Waals surface area contributed by atoms with E-state index in [1.54, 1.807) is 0 Å². The molecule has 1 rings (SSSR count). The zero-order valence-electron chi connectivity index (χ0n) is 10.3. The van der Waals surface area contributed by atoms with Crippen molar-refractivity contribution in [2.24, 2.45) is 0 Å². The number of rotatable bonds is 5. The van der Waals surface area contributed by atoms with Crippen molar-refractivity contribution >= 4 is 16.0 Å². The van der Waals surface area contributed by atoms with Gasteiger partial charge in [0.25, 0.3) is 16.0 Å². The Morgan fingerprint density at radius 2 is 1.70 bits per heavy atom. The zero-order valence-corrected chi connectivity index (χ0v) is 11.1. The van der Waals surface area contributed by atoms with Crippen molar-refractivity contribution in [2.45, 2.75) is 37.1 Å². The Bertz CT molecular complexity index is 439. The summed E-state index contributed by atoms with van der Waals surface area (Å²) in [6.07, 6.45) is -8.74. The Hall–Kier alpha value is -0.820. The SMILES string of the molecule is O=C(NCCCS(=O)(=O)O)[C@H]1OC(O)[C@H](O)[C@@H](O)[C@@H]1O. The molecule has 10 nitrogen and oxygen atoms in total. The fourth-order valence-electron chi connectivity index (χ4n) is 1.64. The normalized spacial score (nSPS) is 34.8. The Morgan fingerprint density at radius 3 is 2.25 bits per heavy atom. The minimum absolute atomic E-state index is 0.0683. The predicted octanol–water partition coefficient (Wildman–Crippen LogP) is -3.82. The van der Waals surface area contributed by atoms with Crippen LogP contribution in [0.1, 0.15) is 6.42 Å².